The van der Waals surface area contributed by atoms with Crippen LogP contribution < -0.4 is 4.90 Å². The molecule has 90 valence electrons. The highest BCUT2D eigenvalue weighted by atomic mass is 16.3. The Labute approximate surface area is 102 Å². The van der Waals surface area contributed by atoms with Crippen molar-refractivity contribution < 1.29 is 5.11 Å². The monoisotopic (exact) mass is 230 g/mol. The summed E-state index contributed by atoms with van der Waals surface area (Å²) in [5, 5.41) is 18.3. The highest BCUT2D eigenvalue weighted by Gasteiger charge is 2.25. The summed E-state index contributed by atoms with van der Waals surface area (Å²) in [5.41, 5.74) is 2.88. The second kappa shape index (κ2) is 5.20. The van der Waals surface area contributed by atoms with Crippen LogP contribution in [0.15, 0.2) is 18.2 Å². The van der Waals surface area contributed by atoms with E-state index < -0.39 is 0 Å². The first-order chi connectivity index (χ1) is 8.26. The Morgan fingerprint density at radius 2 is 2.35 bits per heavy atom. The number of nitrogens with zero attached hydrogens (tertiary/aromatic N) is 2. The summed E-state index contributed by atoms with van der Waals surface area (Å²) in [7, 11) is 0. The normalized spacial score (nSPS) is 19.4. The van der Waals surface area contributed by atoms with Crippen LogP contribution in [0.25, 0.3) is 0 Å². The average molecular weight is 230 g/mol. The topological polar surface area (TPSA) is 47.3 Å². The van der Waals surface area contributed by atoms with Gasteiger partial charge in [-0.2, -0.15) is 5.26 Å². The van der Waals surface area contributed by atoms with E-state index in [1.165, 1.54) is 0 Å². The van der Waals surface area contributed by atoms with Crippen LogP contribution in [0.3, 0.4) is 0 Å². The Morgan fingerprint density at radius 1 is 1.53 bits per heavy atom. The minimum absolute atomic E-state index is 0.217. The third-order valence-electron chi connectivity index (χ3n) is 3.42. The van der Waals surface area contributed by atoms with Crippen molar-refractivity contribution in [2.75, 3.05) is 18.1 Å². The zero-order valence-corrected chi connectivity index (χ0v) is 10.2. The SMILES string of the molecule is Cc1ccc(N2CCCC2CCO)c(C#N)c1. The number of anilines is 1. The van der Waals surface area contributed by atoms with E-state index in [1.807, 2.05) is 25.1 Å². The van der Waals surface area contributed by atoms with Crippen LogP contribution >= 0.6 is 0 Å². The van der Waals surface area contributed by atoms with Gasteiger partial charge in [0.05, 0.1) is 11.3 Å². The molecular formula is C14H18N2O. The van der Waals surface area contributed by atoms with Gasteiger partial charge in [0.15, 0.2) is 0 Å². The summed E-state index contributed by atoms with van der Waals surface area (Å²) in [6, 6.07) is 8.67. The van der Waals surface area contributed by atoms with Gasteiger partial charge in [-0.1, -0.05) is 6.07 Å². The summed E-state index contributed by atoms with van der Waals surface area (Å²) >= 11 is 0. The van der Waals surface area contributed by atoms with Gasteiger partial charge in [0.25, 0.3) is 0 Å². The first-order valence-electron chi connectivity index (χ1n) is 6.14. The molecule has 17 heavy (non-hydrogen) atoms. The molecule has 0 aliphatic carbocycles. The molecule has 0 spiro atoms. The summed E-state index contributed by atoms with van der Waals surface area (Å²) in [4.78, 5) is 2.27. The van der Waals surface area contributed by atoms with Crippen LogP contribution in [0.1, 0.15) is 30.4 Å². The molecule has 0 aromatic heterocycles. The van der Waals surface area contributed by atoms with Crippen LogP contribution in [0.2, 0.25) is 0 Å². The van der Waals surface area contributed by atoms with Crippen LogP contribution in [0.4, 0.5) is 5.69 Å². The fourth-order valence-electron chi connectivity index (χ4n) is 2.59. The van der Waals surface area contributed by atoms with Crippen molar-refractivity contribution in [2.45, 2.75) is 32.2 Å². The van der Waals surface area contributed by atoms with E-state index >= 15 is 0 Å². The van der Waals surface area contributed by atoms with Crippen molar-refractivity contribution in [3.8, 4) is 6.07 Å². The van der Waals surface area contributed by atoms with E-state index in [0.29, 0.717) is 6.04 Å². The van der Waals surface area contributed by atoms with Crippen molar-refractivity contribution in [3.05, 3.63) is 29.3 Å². The van der Waals surface area contributed by atoms with E-state index in [0.717, 1.165) is 42.6 Å². The lowest BCUT2D eigenvalue weighted by molar-refractivity contribution is 0.276. The third-order valence-corrected chi connectivity index (χ3v) is 3.42. The molecule has 1 aromatic carbocycles. The second-order valence-electron chi connectivity index (χ2n) is 4.63. The molecular weight excluding hydrogens is 212 g/mol. The van der Waals surface area contributed by atoms with Gasteiger partial charge in [-0.15, -0.1) is 0 Å². The first-order valence-corrected chi connectivity index (χ1v) is 6.14. The molecule has 1 N–H and O–H groups in total. The van der Waals surface area contributed by atoms with Crippen molar-refractivity contribution in [1.82, 2.24) is 0 Å². The van der Waals surface area contributed by atoms with Crippen LogP contribution in [-0.4, -0.2) is 24.3 Å². The number of rotatable bonds is 3. The maximum Gasteiger partial charge on any atom is 0.101 e. The maximum atomic E-state index is 9.19. The van der Waals surface area contributed by atoms with Crippen molar-refractivity contribution in [2.24, 2.45) is 0 Å². The molecule has 0 radical (unpaired) electrons. The number of aliphatic hydroxyl groups is 1. The zero-order chi connectivity index (χ0) is 12.3. The molecule has 1 aliphatic rings. The molecule has 3 heteroatoms. The number of hydrogen-bond acceptors (Lipinski definition) is 3. The molecule has 1 fully saturated rings. The molecule has 3 nitrogen and oxygen atoms in total. The highest BCUT2D eigenvalue weighted by Crippen LogP contribution is 2.30. The quantitative estimate of drug-likeness (QED) is 0.866. The Morgan fingerprint density at radius 3 is 3.06 bits per heavy atom. The number of hydrogen-bond donors (Lipinski definition) is 1. The van der Waals surface area contributed by atoms with Gasteiger partial charge in [-0.05, 0) is 43.9 Å². The molecule has 0 bridgehead atoms. The minimum atomic E-state index is 0.217. The first kappa shape index (κ1) is 11.9. The Bertz CT molecular complexity index is 436. The molecule has 1 unspecified atom stereocenters. The predicted molar refractivity (Wildman–Crippen MR) is 68.0 cm³/mol. The predicted octanol–water partition coefficient (Wildman–Crippen LogP) is 2.22. The van der Waals surface area contributed by atoms with Gasteiger partial charge in [-0.3, -0.25) is 0 Å². The number of nitriles is 1. The largest absolute Gasteiger partial charge is 0.396 e. The Kier molecular flexibility index (Phi) is 3.65. The molecule has 1 atom stereocenters. The van der Waals surface area contributed by atoms with Gasteiger partial charge in [0.2, 0.25) is 0 Å². The Hall–Kier alpha value is -1.53. The van der Waals surface area contributed by atoms with E-state index in [2.05, 4.69) is 11.0 Å². The van der Waals surface area contributed by atoms with Crippen LogP contribution in [0, 0.1) is 18.3 Å². The lowest BCUT2D eigenvalue weighted by Crippen LogP contribution is -2.30. The van der Waals surface area contributed by atoms with Crippen LogP contribution in [-0.2, 0) is 0 Å². The summed E-state index contributed by atoms with van der Waals surface area (Å²) in [5.74, 6) is 0. The number of aliphatic hydroxyl groups excluding tert-OH is 1. The fraction of sp³-hybridized carbons (Fsp3) is 0.500. The maximum absolute atomic E-state index is 9.19. The summed E-state index contributed by atoms with van der Waals surface area (Å²) in [6.07, 6.45) is 3.04. The van der Waals surface area contributed by atoms with Gasteiger partial charge in [0.1, 0.15) is 6.07 Å². The summed E-state index contributed by atoms with van der Waals surface area (Å²) < 4.78 is 0. The Balaban J connectivity index is 2.30. The van der Waals surface area contributed by atoms with Crippen molar-refractivity contribution in [3.63, 3.8) is 0 Å². The van der Waals surface area contributed by atoms with Crippen LogP contribution in [0.5, 0.6) is 0 Å². The van der Waals surface area contributed by atoms with Gasteiger partial charge in [-0.25, -0.2) is 0 Å². The van der Waals surface area contributed by atoms with Gasteiger partial charge in [0, 0.05) is 19.2 Å². The number of aryl methyl sites for hydroxylation is 1. The number of benzene rings is 1. The van der Waals surface area contributed by atoms with E-state index in [9.17, 15) is 5.26 Å². The van der Waals surface area contributed by atoms with E-state index in [1.54, 1.807) is 0 Å². The fourth-order valence-corrected chi connectivity index (χ4v) is 2.59. The van der Waals surface area contributed by atoms with Gasteiger partial charge >= 0.3 is 0 Å². The third kappa shape index (κ3) is 2.42. The molecule has 0 saturated carbocycles. The smallest absolute Gasteiger partial charge is 0.101 e. The van der Waals surface area contributed by atoms with Crippen molar-refractivity contribution in [1.29, 1.82) is 5.26 Å². The molecule has 0 amide bonds. The van der Waals surface area contributed by atoms with E-state index in [-0.39, 0.29) is 6.61 Å². The molecule has 1 saturated heterocycles. The lowest BCUT2D eigenvalue weighted by Gasteiger charge is -2.27. The molecule has 1 aromatic rings. The van der Waals surface area contributed by atoms with Gasteiger partial charge < -0.3 is 10.0 Å². The molecule has 1 heterocycles. The zero-order valence-electron chi connectivity index (χ0n) is 10.2. The lowest BCUT2D eigenvalue weighted by atomic mass is 10.1. The van der Waals surface area contributed by atoms with Crippen molar-refractivity contribution >= 4 is 5.69 Å². The minimum Gasteiger partial charge on any atom is -0.396 e. The van der Waals surface area contributed by atoms with E-state index in [4.69, 9.17) is 5.11 Å². The highest BCUT2D eigenvalue weighted by molar-refractivity contribution is 5.61. The standard InChI is InChI=1S/C14H18N2O/c1-11-4-5-14(12(9-11)10-15)16-7-2-3-13(16)6-8-17/h4-5,9,13,17H,2-3,6-8H2,1H3. The molecule has 2 rings (SSSR count). The second-order valence-corrected chi connectivity index (χ2v) is 4.63. The average Bonchev–Trinajstić information content (AvgIpc) is 2.77. The summed E-state index contributed by atoms with van der Waals surface area (Å²) in [6.45, 7) is 3.21. The molecule has 1 aliphatic heterocycles.